The van der Waals surface area contributed by atoms with Gasteiger partial charge in [-0.3, -0.25) is 14.6 Å². The summed E-state index contributed by atoms with van der Waals surface area (Å²) in [7, 11) is 0. The molecule has 0 saturated carbocycles. The summed E-state index contributed by atoms with van der Waals surface area (Å²) in [6.45, 7) is 13.0. The first-order chi connectivity index (χ1) is 11.0. The lowest BCUT2D eigenvalue weighted by molar-refractivity contribution is -0.123. The highest BCUT2D eigenvalue weighted by molar-refractivity contribution is 5.78. The molecule has 1 unspecified atom stereocenters. The molecule has 7 nitrogen and oxygen atoms in total. The zero-order valence-corrected chi connectivity index (χ0v) is 14.7. The van der Waals surface area contributed by atoms with Gasteiger partial charge in [-0.15, -0.1) is 0 Å². The second-order valence-electron chi connectivity index (χ2n) is 6.63. The minimum Gasteiger partial charge on any atom is -0.353 e. The topological polar surface area (TPSA) is 74.5 Å². The van der Waals surface area contributed by atoms with Crippen LogP contribution in [0, 0.1) is 0 Å². The van der Waals surface area contributed by atoms with Gasteiger partial charge in [0.15, 0.2) is 5.82 Å². The first kappa shape index (κ1) is 17.9. The lowest BCUT2D eigenvalue weighted by Gasteiger charge is -2.33. The van der Waals surface area contributed by atoms with Gasteiger partial charge in [0.05, 0.1) is 13.1 Å². The second kappa shape index (κ2) is 8.40. The van der Waals surface area contributed by atoms with Crippen LogP contribution < -0.4 is 5.32 Å². The summed E-state index contributed by atoms with van der Waals surface area (Å²) in [5, 5.41) is 7.01. The van der Waals surface area contributed by atoms with Crippen LogP contribution in [-0.4, -0.2) is 64.6 Å². The average Bonchev–Trinajstić information content (AvgIpc) is 2.98. The van der Waals surface area contributed by atoms with Crippen molar-refractivity contribution in [2.45, 2.75) is 52.6 Å². The molecular weight excluding hydrogens is 294 g/mol. The highest BCUT2D eigenvalue weighted by Crippen LogP contribution is 2.12. The van der Waals surface area contributed by atoms with E-state index in [4.69, 9.17) is 4.52 Å². The Morgan fingerprint density at radius 2 is 1.87 bits per heavy atom. The van der Waals surface area contributed by atoms with Crippen molar-refractivity contribution in [3.05, 3.63) is 11.7 Å². The first-order valence-electron chi connectivity index (χ1n) is 8.54. The Balaban J connectivity index is 1.72. The van der Waals surface area contributed by atoms with Gasteiger partial charge in [0, 0.05) is 38.1 Å². The van der Waals surface area contributed by atoms with Gasteiger partial charge in [0.1, 0.15) is 0 Å². The summed E-state index contributed by atoms with van der Waals surface area (Å²) < 4.78 is 5.30. The molecule has 1 aromatic rings. The van der Waals surface area contributed by atoms with Crippen LogP contribution in [-0.2, 0) is 11.3 Å². The monoisotopic (exact) mass is 323 g/mol. The van der Waals surface area contributed by atoms with Gasteiger partial charge < -0.3 is 9.84 Å². The van der Waals surface area contributed by atoms with Gasteiger partial charge in [-0.2, -0.15) is 4.98 Å². The fourth-order valence-corrected chi connectivity index (χ4v) is 2.49. The number of carbonyl (C=O) groups excluding carboxylic acids is 1. The zero-order valence-electron chi connectivity index (χ0n) is 14.7. The lowest BCUT2D eigenvalue weighted by atomic mass is 10.2. The maximum absolute atomic E-state index is 11.9. The van der Waals surface area contributed by atoms with Crippen molar-refractivity contribution in [3.63, 3.8) is 0 Å². The van der Waals surface area contributed by atoms with E-state index in [2.05, 4.69) is 46.0 Å². The standard InChI is InChI=1S/C16H29N5O2/c1-5-13(4)17-14(22)10-20-6-8-21(9-7-20)11-15-18-16(12(2)3)19-23-15/h12-13H,5-11H2,1-4H3,(H,17,22). The summed E-state index contributed by atoms with van der Waals surface area (Å²) >= 11 is 0. The summed E-state index contributed by atoms with van der Waals surface area (Å²) in [6.07, 6.45) is 0.960. The van der Waals surface area contributed by atoms with Gasteiger partial charge in [0.2, 0.25) is 11.8 Å². The molecule has 0 aromatic carbocycles. The van der Waals surface area contributed by atoms with E-state index < -0.39 is 0 Å². The van der Waals surface area contributed by atoms with E-state index in [1.807, 2.05) is 6.92 Å². The predicted molar refractivity (Wildman–Crippen MR) is 88.0 cm³/mol. The molecule has 7 heteroatoms. The summed E-state index contributed by atoms with van der Waals surface area (Å²) in [5.74, 6) is 1.84. The van der Waals surface area contributed by atoms with Gasteiger partial charge in [-0.05, 0) is 13.3 Å². The summed E-state index contributed by atoms with van der Waals surface area (Å²) in [5.41, 5.74) is 0. The third kappa shape index (κ3) is 5.58. The van der Waals surface area contributed by atoms with Crippen molar-refractivity contribution < 1.29 is 9.32 Å². The number of amides is 1. The van der Waals surface area contributed by atoms with E-state index in [1.165, 1.54) is 0 Å². The van der Waals surface area contributed by atoms with E-state index in [0.717, 1.165) is 38.4 Å². The molecule has 1 saturated heterocycles. The fraction of sp³-hybridized carbons (Fsp3) is 0.812. The Bertz CT molecular complexity index is 494. The molecule has 23 heavy (non-hydrogen) atoms. The molecule has 130 valence electrons. The number of hydrogen-bond donors (Lipinski definition) is 1. The molecule has 1 amide bonds. The van der Waals surface area contributed by atoms with Crippen molar-refractivity contribution in [1.29, 1.82) is 0 Å². The molecular formula is C16H29N5O2. The summed E-state index contributed by atoms with van der Waals surface area (Å²) in [4.78, 5) is 20.8. The zero-order chi connectivity index (χ0) is 16.8. The number of aromatic nitrogens is 2. The van der Waals surface area contributed by atoms with Crippen molar-refractivity contribution in [1.82, 2.24) is 25.3 Å². The molecule has 0 aliphatic carbocycles. The quantitative estimate of drug-likeness (QED) is 0.813. The Kier molecular flexibility index (Phi) is 6.53. The van der Waals surface area contributed by atoms with Crippen molar-refractivity contribution in [2.24, 2.45) is 0 Å². The van der Waals surface area contributed by atoms with Crippen molar-refractivity contribution >= 4 is 5.91 Å². The highest BCUT2D eigenvalue weighted by Gasteiger charge is 2.21. The van der Waals surface area contributed by atoms with Crippen LogP contribution in [0.2, 0.25) is 0 Å². The van der Waals surface area contributed by atoms with Crippen LogP contribution >= 0.6 is 0 Å². The molecule has 1 aliphatic heterocycles. The molecule has 2 rings (SSSR count). The third-order valence-electron chi connectivity index (χ3n) is 4.21. The molecule has 1 fully saturated rings. The Morgan fingerprint density at radius 3 is 2.43 bits per heavy atom. The van der Waals surface area contributed by atoms with Crippen molar-refractivity contribution in [2.75, 3.05) is 32.7 Å². The normalized spacial score (nSPS) is 18.3. The largest absolute Gasteiger partial charge is 0.353 e. The number of rotatable bonds is 7. The molecule has 0 spiro atoms. The molecule has 0 bridgehead atoms. The van der Waals surface area contributed by atoms with Crippen LogP contribution in [0.1, 0.15) is 51.7 Å². The van der Waals surface area contributed by atoms with E-state index in [-0.39, 0.29) is 17.9 Å². The molecule has 0 radical (unpaired) electrons. The van der Waals surface area contributed by atoms with Crippen LogP contribution in [0.25, 0.3) is 0 Å². The number of piperazine rings is 1. The van der Waals surface area contributed by atoms with Crippen LogP contribution in [0.5, 0.6) is 0 Å². The number of nitrogens with one attached hydrogen (secondary N) is 1. The van der Waals surface area contributed by atoms with E-state index in [1.54, 1.807) is 0 Å². The fourth-order valence-electron chi connectivity index (χ4n) is 2.49. The smallest absolute Gasteiger partial charge is 0.240 e. The minimum absolute atomic E-state index is 0.117. The van der Waals surface area contributed by atoms with E-state index in [9.17, 15) is 4.79 Å². The summed E-state index contributed by atoms with van der Waals surface area (Å²) in [6, 6.07) is 0.247. The molecule has 1 atom stereocenters. The lowest BCUT2D eigenvalue weighted by Crippen LogP contribution is -2.49. The highest BCUT2D eigenvalue weighted by atomic mass is 16.5. The number of nitrogens with zero attached hydrogens (tertiary/aromatic N) is 4. The van der Waals surface area contributed by atoms with Crippen LogP contribution in [0.4, 0.5) is 0 Å². The van der Waals surface area contributed by atoms with Crippen LogP contribution in [0.15, 0.2) is 4.52 Å². The second-order valence-corrected chi connectivity index (χ2v) is 6.63. The Morgan fingerprint density at radius 1 is 1.22 bits per heavy atom. The molecule has 1 aliphatic rings. The maximum Gasteiger partial charge on any atom is 0.240 e. The van der Waals surface area contributed by atoms with E-state index in [0.29, 0.717) is 19.0 Å². The minimum atomic E-state index is 0.117. The number of hydrogen-bond acceptors (Lipinski definition) is 6. The Hall–Kier alpha value is -1.47. The van der Waals surface area contributed by atoms with Crippen LogP contribution in [0.3, 0.4) is 0 Å². The van der Waals surface area contributed by atoms with Gasteiger partial charge in [-0.1, -0.05) is 25.9 Å². The SMILES string of the molecule is CCC(C)NC(=O)CN1CCN(Cc2nc(C(C)C)no2)CC1. The molecule has 2 heterocycles. The first-order valence-corrected chi connectivity index (χ1v) is 8.54. The average molecular weight is 323 g/mol. The Labute approximate surface area is 138 Å². The maximum atomic E-state index is 11.9. The molecule has 1 aromatic heterocycles. The third-order valence-corrected chi connectivity index (χ3v) is 4.21. The van der Waals surface area contributed by atoms with Crippen molar-refractivity contribution in [3.8, 4) is 0 Å². The van der Waals surface area contributed by atoms with Gasteiger partial charge in [-0.25, -0.2) is 0 Å². The predicted octanol–water partition coefficient (Wildman–Crippen LogP) is 1.23. The van der Waals surface area contributed by atoms with Gasteiger partial charge >= 0.3 is 0 Å². The van der Waals surface area contributed by atoms with E-state index >= 15 is 0 Å². The molecule has 1 N–H and O–H groups in total. The van der Waals surface area contributed by atoms with Gasteiger partial charge in [0.25, 0.3) is 0 Å². The number of carbonyl (C=O) groups is 1.